The van der Waals surface area contributed by atoms with Gasteiger partial charge in [-0.05, 0) is 37.0 Å². The van der Waals surface area contributed by atoms with Crippen molar-refractivity contribution in [3.05, 3.63) is 40.2 Å². The van der Waals surface area contributed by atoms with Crippen molar-refractivity contribution in [3.63, 3.8) is 0 Å². The Kier molecular flexibility index (Phi) is 6.60. The van der Waals surface area contributed by atoms with Crippen molar-refractivity contribution in [3.8, 4) is 5.75 Å². The minimum atomic E-state index is -1.08. The van der Waals surface area contributed by atoms with Crippen molar-refractivity contribution >= 4 is 22.8 Å². The molecule has 0 spiro atoms. The molecule has 0 saturated carbocycles. The van der Waals surface area contributed by atoms with Gasteiger partial charge in [0.25, 0.3) is 5.91 Å². The molecule has 7 heteroatoms. The standard InChI is InChI=1S/C20H25NO6/c1-5-11(3)18(20(24)25)21-19(23)12(4)26-14-7-8-15-13(6-2)9-17(22)27-16(15)10-14/h7-12,18H,5-6H2,1-4H3,(H,21,23)(H,24,25). The highest BCUT2D eigenvalue weighted by Crippen LogP contribution is 2.23. The molecular formula is C20H25NO6. The summed E-state index contributed by atoms with van der Waals surface area (Å²) < 4.78 is 10.8. The third kappa shape index (κ3) is 4.87. The van der Waals surface area contributed by atoms with Crippen LogP contribution in [0.5, 0.6) is 5.75 Å². The maximum atomic E-state index is 12.3. The summed E-state index contributed by atoms with van der Waals surface area (Å²) in [7, 11) is 0. The molecule has 0 fully saturated rings. The van der Waals surface area contributed by atoms with Crippen molar-refractivity contribution in [1.82, 2.24) is 5.32 Å². The number of carboxylic acids is 1. The molecule has 0 bridgehead atoms. The Labute approximate surface area is 157 Å². The lowest BCUT2D eigenvalue weighted by Crippen LogP contribution is -2.49. The smallest absolute Gasteiger partial charge is 0.336 e. The second-order valence-electron chi connectivity index (χ2n) is 6.57. The molecular weight excluding hydrogens is 350 g/mol. The molecule has 1 aromatic carbocycles. The molecule has 0 saturated heterocycles. The van der Waals surface area contributed by atoms with Gasteiger partial charge in [0.2, 0.25) is 0 Å². The molecule has 2 aromatic rings. The second-order valence-corrected chi connectivity index (χ2v) is 6.57. The Morgan fingerprint density at radius 2 is 1.93 bits per heavy atom. The first-order valence-corrected chi connectivity index (χ1v) is 9.03. The summed E-state index contributed by atoms with van der Waals surface area (Å²) in [5.74, 6) is -1.45. The number of carboxylic acid groups (broad SMARTS) is 1. The fourth-order valence-corrected chi connectivity index (χ4v) is 2.79. The van der Waals surface area contributed by atoms with Crippen LogP contribution < -0.4 is 15.7 Å². The van der Waals surface area contributed by atoms with Crippen molar-refractivity contribution in [2.24, 2.45) is 5.92 Å². The van der Waals surface area contributed by atoms with Gasteiger partial charge in [-0.15, -0.1) is 0 Å². The zero-order valence-electron chi connectivity index (χ0n) is 15.9. The van der Waals surface area contributed by atoms with Crippen LogP contribution in [0.2, 0.25) is 0 Å². The van der Waals surface area contributed by atoms with E-state index in [1.165, 1.54) is 13.0 Å². The topological polar surface area (TPSA) is 106 Å². The summed E-state index contributed by atoms with van der Waals surface area (Å²) in [6, 6.07) is 5.50. The van der Waals surface area contributed by atoms with Crippen LogP contribution >= 0.6 is 0 Å². The van der Waals surface area contributed by atoms with Gasteiger partial charge in [0.1, 0.15) is 17.4 Å². The molecule has 1 amide bonds. The zero-order valence-corrected chi connectivity index (χ0v) is 15.9. The summed E-state index contributed by atoms with van der Waals surface area (Å²) in [5, 5.41) is 12.6. The van der Waals surface area contributed by atoms with E-state index in [0.29, 0.717) is 24.2 Å². The average Bonchev–Trinajstić information content (AvgIpc) is 2.63. The van der Waals surface area contributed by atoms with Gasteiger partial charge in [-0.2, -0.15) is 0 Å². The summed E-state index contributed by atoms with van der Waals surface area (Å²) in [6.07, 6.45) is 0.401. The highest BCUT2D eigenvalue weighted by molar-refractivity contribution is 5.86. The number of ether oxygens (including phenoxy) is 1. The molecule has 2 rings (SSSR count). The van der Waals surface area contributed by atoms with E-state index in [1.54, 1.807) is 25.1 Å². The van der Waals surface area contributed by atoms with E-state index >= 15 is 0 Å². The van der Waals surface area contributed by atoms with E-state index in [0.717, 1.165) is 10.9 Å². The Hall–Kier alpha value is -2.83. The maximum Gasteiger partial charge on any atom is 0.336 e. The quantitative estimate of drug-likeness (QED) is 0.687. The van der Waals surface area contributed by atoms with Crippen LogP contribution in [0.4, 0.5) is 0 Å². The minimum absolute atomic E-state index is 0.207. The van der Waals surface area contributed by atoms with E-state index in [-0.39, 0.29) is 5.92 Å². The molecule has 1 aromatic heterocycles. The number of benzene rings is 1. The lowest BCUT2D eigenvalue weighted by atomic mass is 9.99. The van der Waals surface area contributed by atoms with Gasteiger partial charge in [0.05, 0.1) is 0 Å². The minimum Gasteiger partial charge on any atom is -0.481 e. The average molecular weight is 375 g/mol. The van der Waals surface area contributed by atoms with Gasteiger partial charge in [-0.1, -0.05) is 27.2 Å². The second kappa shape index (κ2) is 8.70. The van der Waals surface area contributed by atoms with Crippen LogP contribution in [-0.4, -0.2) is 29.1 Å². The normalized spacial score (nSPS) is 14.4. The molecule has 0 radical (unpaired) electrons. The van der Waals surface area contributed by atoms with E-state index < -0.39 is 29.6 Å². The molecule has 0 aliphatic heterocycles. The van der Waals surface area contributed by atoms with Crippen LogP contribution in [0.1, 0.15) is 39.7 Å². The van der Waals surface area contributed by atoms with Gasteiger partial charge in [0.15, 0.2) is 6.10 Å². The lowest BCUT2D eigenvalue weighted by Gasteiger charge is -2.22. The number of hydrogen-bond acceptors (Lipinski definition) is 5. The number of rotatable bonds is 8. The highest BCUT2D eigenvalue weighted by Gasteiger charge is 2.28. The predicted molar refractivity (Wildman–Crippen MR) is 101 cm³/mol. The molecule has 3 unspecified atom stereocenters. The molecule has 0 aliphatic rings. The number of carbonyl (C=O) groups is 2. The van der Waals surface area contributed by atoms with Gasteiger partial charge in [-0.25, -0.2) is 9.59 Å². The Balaban J connectivity index is 2.17. The van der Waals surface area contributed by atoms with Crippen LogP contribution in [0.3, 0.4) is 0 Å². The fraction of sp³-hybridized carbons (Fsp3) is 0.450. The third-order valence-corrected chi connectivity index (χ3v) is 4.64. The first-order chi connectivity index (χ1) is 12.8. The van der Waals surface area contributed by atoms with Crippen molar-refractivity contribution in [2.75, 3.05) is 0 Å². The summed E-state index contributed by atoms with van der Waals surface area (Å²) in [5.41, 5.74) is 0.809. The van der Waals surface area contributed by atoms with Gasteiger partial charge >= 0.3 is 11.6 Å². The van der Waals surface area contributed by atoms with Crippen molar-refractivity contribution in [1.29, 1.82) is 0 Å². The number of aliphatic carboxylic acids is 1. The molecule has 27 heavy (non-hydrogen) atoms. The van der Waals surface area contributed by atoms with E-state index in [1.807, 2.05) is 13.8 Å². The molecule has 1 heterocycles. The number of aryl methyl sites for hydroxylation is 1. The van der Waals surface area contributed by atoms with Crippen LogP contribution in [0.15, 0.2) is 33.5 Å². The Bertz CT molecular complexity index is 888. The number of nitrogens with one attached hydrogen (secondary N) is 1. The Morgan fingerprint density at radius 3 is 2.52 bits per heavy atom. The van der Waals surface area contributed by atoms with Crippen molar-refractivity contribution in [2.45, 2.75) is 52.7 Å². The maximum absolute atomic E-state index is 12.3. The van der Waals surface area contributed by atoms with Crippen LogP contribution in [0.25, 0.3) is 11.0 Å². The molecule has 3 atom stereocenters. The number of fused-ring (bicyclic) bond motifs is 1. The van der Waals surface area contributed by atoms with Gasteiger partial charge < -0.3 is 19.6 Å². The highest BCUT2D eigenvalue weighted by atomic mass is 16.5. The van der Waals surface area contributed by atoms with E-state index in [9.17, 15) is 19.5 Å². The number of carbonyl (C=O) groups excluding carboxylic acids is 1. The van der Waals surface area contributed by atoms with Gasteiger partial charge in [-0.3, -0.25) is 4.79 Å². The van der Waals surface area contributed by atoms with Crippen LogP contribution in [0, 0.1) is 5.92 Å². The summed E-state index contributed by atoms with van der Waals surface area (Å²) >= 11 is 0. The largest absolute Gasteiger partial charge is 0.481 e. The monoisotopic (exact) mass is 375 g/mol. The zero-order chi connectivity index (χ0) is 20.1. The number of amides is 1. The number of hydrogen-bond donors (Lipinski definition) is 2. The van der Waals surface area contributed by atoms with Crippen molar-refractivity contribution < 1.29 is 23.8 Å². The van der Waals surface area contributed by atoms with E-state index in [4.69, 9.17) is 9.15 Å². The van der Waals surface area contributed by atoms with Crippen LogP contribution in [-0.2, 0) is 16.0 Å². The first kappa shape index (κ1) is 20.5. The fourth-order valence-electron chi connectivity index (χ4n) is 2.79. The summed E-state index contributed by atoms with van der Waals surface area (Å²) in [4.78, 5) is 35.3. The molecule has 2 N–H and O–H groups in total. The first-order valence-electron chi connectivity index (χ1n) is 9.03. The molecule has 0 aliphatic carbocycles. The SMILES string of the molecule is CCc1cc(=O)oc2cc(OC(C)C(=O)NC(C(=O)O)C(C)CC)ccc12. The van der Waals surface area contributed by atoms with Gasteiger partial charge in [0, 0.05) is 17.5 Å². The molecule has 146 valence electrons. The third-order valence-electron chi connectivity index (χ3n) is 4.64. The molecule has 7 nitrogen and oxygen atoms in total. The van der Waals surface area contributed by atoms with E-state index in [2.05, 4.69) is 5.32 Å². The predicted octanol–water partition coefficient (Wildman–Crippen LogP) is 2.74. The summed E-state index contributed by atoms with van der Waals surface area (Å²) in [6.45, 7) is 7.11. The lowest BCUT2D eigenvalue weighted by molar-refractivity contribution is -0.144. The Morgan fingerprint density at radius 1 is 1.22 bits per heavy atom.